The van der Waals surface area contributed by atoms with Crippen LogP contribution >= 0.6 is 27.3 Å². The molecule has 3 aliphatic rings. The van der Waals surface area contributed by atoms with Gasteiger partial charge in [0.2, 0.25) is 0 Å². The number of carbonyl (C=O) groups is 1. The lowest BCUT2D eigenvalue weighted by Gasteiger charge is -2.51. The average molecular weight is 543 g/mol. The highest BCUT2D eigenvalue weighted by atomic mass is 79.9. The number of thiophene rings is 1. The second-order valence-corrected chi connectivity index (χ2v) is 11.9. The van der Waals surface area contributed by atoms with E-state index >= 15 is 0 Å². The number of amides is 1. The molecule has 3 saturated heterocycles. The number of rotatable bonds is 8. The SMILES string of the molecule is O=C(Nc1ccccc1Cc1ccc(Br)s1)OC1C[N+]2(CCOc3ccccc3)CCC1CC2. The van der Waals surface area contributed by atoms with Crippen LogP contribution in [0.4, 0.5) is 10.5 Å². The van der Waals surface area contributed by atoms with E-state index in [2.05, 4.69) is 39.4 Å². The van der Waals surface area contributed by atoms with E-state index in [0.29, 0.717) is 12.5 Å². The van der Waals surface area contributed by atoms with Crippen LogP contribution in [0.3, 0.4) is 0 Å². The summed E-state index contributed by atoms with van der Waals surface area (Å²) in [4.78, 5) is 14.1. The smallest absolute Gasteiger partial charge is 0.412 e. The molecule has 1 N–H and O–H groups in total. The van der Waals surface area contributed by atoms with Gasteiger partial charge in [0, 0.05) is 35.7 Å². The molecule has 1 amide bonds. The maximum atomic E-state index is 12.9. The summed E-state index contributed by atoms with van der Waals surface area (Å²) in [6.45, 7) is 4.79. The number of hydrogen-bond donors (Lipinski definition) is 1. The van der Waals surface area contributed by atoms with Crippen molar-refractivity contribution in [3.05, 3.63) is 81.0 Å². The Balaban J connectivity index is 1.17. The van der Waals surface area contributed by atoms with Gasteiger partial charge in [-0.25, -0.2) is 4.79 Å². The van der Waals surface area contributed by atoms with Crippen LogP contribution in [0.1, 0.15) is 23.3 Å². The number of hydrogen-bond acceptors (Lipinski definition) is 4. The normalized spacial score (nSPS) is 23.4. The van der Waals surface area contributed by atoms with Crippen LogP contribution in [-0.4, -0.2) is 49.5 Å². The van der Waals surface area contributed by atoms with Crippen molar-refractivity contribution in [3.63, 3.8) is 0 Å². The first-order valence-electron chi connectivity index (χ1n) is 11.9. The summed E-state index contributed by atoms with van der Waals surface area (Å²) >= 11 is 5.24. The number of anilines is 1. The molecule has 1 unspecified atom stereocenters. The van der Waals surface area contributed by atoms with Crippen LogP contribution < -0.4 is 10.1 Å². The summed E-state index contributed by atoms with van der Waals surface area (Å²) in [5, 5.41) is 3.02. The topological polar surface area (TPSA) is 47.6 Å². The molecule has 0 saturated carbocycles. The number of halogens is 1. The molecule has 1 aromatic heterocycles. The highest BCUT2D eigenvalue weighted by Gasteiger charge is 2.47. The third-order valence-corrected chi connectivity index (χ3v) is 8.75. The Labute approximate surface area is 213 Å². The van der Waals surface area contributed by atoms with Crippen molar-refractivity contribution in [2.45, 2.75) is 25.4 Å². The Hall–Kier alpha value is -2.35. The summed E-state index contributed by atoms with van der Waals surface area (Å²) in [6, 6.07) is 22.1. The van der Waals surface area contributed by atoms with Gasteiger partial charge < -0.3 is 14.0 Å². The Kier molecular flexibility index (Phi) is 7.23. The molecular weight excluding hydrogens is 512 g/mol. The van der Waals surface area contributed by atoms with E-state index in [1.165, 1.54) is 4.88 Å². The molecule has 3 aliphatic heterocycles. The van der Waals surface area contributed by atoms with Crippen molar-refractivity contribution in [2.24, 2.45) is 5.92 Å². The minimum atomic E-state index is -0.350. The molecule has 6 rings (SSSR count). The number of fused-ring (bicyclic) bond motifs is 3. The summed E-state index contributed by atoms with van der Waals surface area (Å²) in [7, 11) is 0. The Bertz CT molecular complexity index is 1110. The second-order valence-electron chi connectivity index (χ2n) is 9.30. The van der Waals surface area contributed by atoms with Gasteiger partial charge in [0.05, 0.1) is 16.9 Å². The largest absolute Gasteiger partial charge is 0.488 e. The van der Waals surface area contributed by atoms with E-state index in [1.807, 2.05) is 48.5 Å². The molecule has 0 spiro atoms. The van der Waals surface area contributed by atoms with Gasteiger partial charge in [-0.3, -0.25) is 5.32 Å². The average Bonchev–Trinajstić information content (AvgIpc) is 3.26. The number of ether oxygens (including phenoxy) is 2. The molecule has 2 aromatic carbocycles. The van der Waals surface area contributed by atoms with Crippen molar-refractivity contribution in [2.75, 3.05) is 38.1 Å². The van der Waals surface area contributed by atoms with Crippen molar-refractivity contribution in [1.29, 1.82) is 0 Å². The third-order valence-electron chi connectivity index (χ3n) is 7.13. The highest BCUT2D eigenvalue weighted by molar-refractivity contribution is 9.11. The Morgan fingerprint density at radius 3 is 2.56 bits per heavy atom. The lowest BCUT2D eigenvalue weighted by Crippen LogP contribution is -2.65. The van der Waals surface area contributed by atoms with Crippen LogP contribution in [0, 0.1) is 5.92 Å². The maximum Gasteiger partial charge on any atom is 0.412 e. The lowest BCUT2D eigenvalue weighted by molar-refractivity contribution is -0.946. The van der Waals surface area contributed by atoms with Gasteiger partial charge >= 0.3 is 6.09 Å². The molecule has 1 atom stereocenters. The zero-order valence-corrected chi connectivity index (χ0v) is 21.5. The zero-order chi connectivity index (χ0) is 23.4. The van der Waals surface area contributed by atoms with E-state index in [1.54, 1.807) is 11.3 Å². The summed E-state index contributed by atoms with van der Waals surface area (Å²) < 4.78 is 14.1. The van der Waals surface area contributed by atoms with Crippen LogP contribution in [0.5, 0.6) is 5.75 Å². The predicted octanol–water partition coefficient (Wildman–Crippen LogP) is 6.34. The van der Waals surface area contributed by atoms with Crippen molar-refractivity contribution in [3.8, 4) is 5.75 Å². The molecule has 2 bridgehead atoms. The minimum Gasteiger partial charge on any atom is -0.488 e. The summed E-state index contributed by atoms with van der Waals surface area (Å²) in [6.07, 6.45) is 2.59. The first-order valence-corrected chi connectivity index (χ1v) is 13.5. The van der Waals surface area contributed by atoms with Crippen LogP contribution in [-0.2, 0) is 11.2 Å². The number of quaternary nitrogens is 1. The monoisotopic (exact) mass is 541 g/mol. The van der Waals surface area contributed by atoms with E-state index < -0.39 is 0 Å². The highest BCUT2D eigenvalue weighted by Crippen LogP contribution is 2.36. The molecule has 0 aliphatic carbocycles. The first kappa shape index (κ1) is 23.4. The Morgan fingerprint density at radius 2 is 1.79 bits per heavy atom. The molecule has 34 heavy (non-hydrogen) atoms. The number of carbonyl (C=O) groups excluding carboxylic acids is 1. The van der Waals surface area contributed by atoms with E-state index in [-0.39, 0.29) is 12.2 Å². The fraction of sp³-hybridized carbons (Fsp3) is 0.370. The van der Waals surface area contributed by atoms with Crippen LogP contribution in [0.15, 0.2) is 70.5 Å². The fourth-order valence-electron chi connectivity index (χ4n) is 5.25. The van der Waals surface area contributed by atoms with Gasteiger partial charge in [-0.1, -0.05) is 36.4 Å². The third kappa shape index (κ3) is 5.65. The van der Waals surface area contributed by atoms with E-state index in [4.69, 9.17) is 9.47 Å². The number of nitrogens with zero attached hydrogens (tertiary/aromatic N) is 1. The van der Waals surface area contributed by atoms with E-state index in [0.717, 1.165) is 70.7 Å². The van der Waals surface area contributed by atoms with Gasteiger partial charge in [-0.15, -0.1) is 11.3 Å². The Morgan fingerprint density at radius 1 is 1.03 bits per heavy atom. The number of piperidine rings is 3. The van der Waals surface area contributed by atoms with Crippen molar-refractivity contribution < 1.29 is 18.8 Å². The lowest BCUT2D eigenvalue weighted by atomic mass is 9.83. The van der Waals surface area contributed by atoms with Gasteiger partial charge in [-0.05, 0) is 51.8 Å². The van der Waals surface area contributed by atoms with Gasteiger partial charge in [0.1, 0.15) is 25.4 Å². The molecule has 5 nitrogen and oxygen atoms in total. The van der Waals surface area contributed by atoms with Gasteiger partial charge in [0.25, 0.3) is 0 Å². The molecule has 3 fully saturated rings. The van der Waals surface area contributed by atoms with Crippen LogP contribution in [0.2, 0.25) is 0 Å². The van der Waals surface area contributed by atoms with E-state index in [9.17, 15) is 4.79 Å². The maximum absolute atomic E-state index is 12.9. The number of benzene rings is 2. The quantitative estimate of drug-likeness (QED) is 0.338. The van der Waals surface area contributed by atoms with Crippen LogP contribution in [0.25, 0.3) is 0 Å². The standard InChI is InChI=1S/C27H29BrN2O3S/c28-26-11-10-23(34-26)18-21-6-4-5-9-24(21)29-27(31)33-25-19-30(14-12-20(25)13-15-30)16-17-32-22-7-2-1-3-8-22/h1-11,20,25H,12-19H2/p+1. The first-order chi connectivity index (χ1) is 16.6. The molecular formula is C27H30BrN2O3S+. The fourth-order valence-corrected chi connectivity index (χ4v) is 6.76. The van der Waals surface area contributed by atoms with Crippen molar-refractivity contribution in [1.82, 2.24) is 0 Å². The number of para-hydroxylation sites is 2. The predicted molar refractivity (Wildman–Crippen MR) is 140 cm³/mol. The zero-order valence-electron chi connectivity index (χ0n) is 19.1. The molecule has 7 heteroatoms. The molecule has 0 radical (unpaired) electrons. The van der Waals surface area contributed by atoms with Gasteiger partial charge in [-0.2, -0.15) is 0 Å². The number of nitrogens with one attached hydrogen (secondary N) is 1. The minimum absolute atomic E-state index is 0.0420. The second kappa shape index (κ2) is 10.5. The molecule has 4 heterocycles. The van der Waals surface area contributed by atoms with Gasteiger partial charge in [0.15, 0.2) is 6.10 Å². The molecule has 3 aromatic rings. The summed E-state index contributed by atoms with van der Waals surface area (Å²) in [5.74, 6) is 1.37. The molecule has 178 valence electrons. The van der Waals surface area contributed by atoms with Crippen molar-refractivity contribution >= 4 is 39.0 Å². The summed E-state index contributed by atoms with van der Waals surface area (Å²) in [5.41, 5.74) is 1.91.